The zero-order valence-electron chi connectivity index (χ0n) is 31.9. The Hall–Kier alpha value is -3.95. The summed E-state index contributed by atoms with van der Waals surface area (Å²) in [5.74, 6) is -0.973. The molecule has 0 spiro atoms. The Bertz CT molecular complexity index is 2090. The van der Waals surface area contributed by atoms with Crippen molar-refractivity contribution >= 4 is 39.8 Å². The minimum Gasteiger partial charge on any atom is -0.464 e. The molecule has 0 unspecified atom stereocenters. The van der Waals surface area contributed by atoms with Crippen molar-refractivity contribution in [1.29, 1.82) is 0 Å². The SMILES string of the molecule is CO[C@@H](C)c1ncc(N2CCN(C)CC2)cc1-c1c2c3cc(c(F)c4c3n1CCC4)-c1csc(n1)C[C@H](N)C(=O)N1CCC[C@H](N1)C(=O)OCC(C)(C)C2. The van der Waals surface area contributed by atoms with Gasteiger partial charge in [0.25, 0.3) is 5.91 Å². The largest absolute Gasteiger partial charge is 0.464 e. The first kappa shape index (κ1) is 37.0. The van der Waals surface area contributed by atoms with E-state index in [4.69, 9.17) is 25.2 Å². The molecule has 2 fully saturated rings. The zero-order chi connectivity index (χ0) is 37.9. The van der Waals surface area contributed by atoms with Gasteiger partial charge in [-0.1, -0.05) is 13.8 Å². The molecule has 8 rings (SSSR count). The van der Waals surface area contributed by atoms with Crippen LogP contribution < -0.4 is 16.1 Å². The second-order valence-electron chi connectivity index (χ2n) is 16.2. The molecular weight excluding hydrogens is 708 g/mol. The number of aromatic nitrogens is 3. The van der Waals surface area contributed by atoms with E-state index in [0.29, 0.717) is 54.1 Å². The zero-order valence-corrected chi connectivity index (χ0v) is 32.7. The fourth-order valence-corrected chi connectivity index (χ4v) is 9.38. The predicted octanol–water partition coefficient (Wildman–Crippen LogP) is 4.86. The number of rotatable bonds is 4. The molecule has 0 radical (unpaired) electrons. The molecule has 7 heterocycles. The summed E-state index contributed by atoms with van der Waals surface area (Å²) in [6.45, 7) is 11.3. The minimum atomic E-state index is -0.875. The average Bonchev–Trinajstić information content (AvgIpc) is 3.76. The van der Waals surface area contributed by atoms with Crippen molar-refractivity contribution in [3.63, 3.8) is 0 Å². The van der Waals surface area contributed by atoms with Gasteiger partial charge in [-0.2, -0.15) is 0 Å². The molecule has 4 aliphatic rings. The number of likely N-dealkylation sites (N-methyl/N-ethyl adjacent to an activating group) is 1. The lowest BCUT2D eigenvalue weighted by atomic mass is 9.83. The Morgan fingerprint density at radius 1 is 1.09 bits per heavy atom. The van der Waals surface area contributed by atoms with Crippen LogP contribution in [0.1, 0.15) is 68.0 Å². The van der Waals surface area contributed by atoms with Gasteiger partial charge in [-0.25, -0.2) is 14.8 Å². The molecule has 0 saturated carbocycles. The monoisotopic (exact) mass is 758 g/mol. The van der Waals surface area contributed by atoms with Crippen LogP contribution >= 0.6 is 11.3 Å². The fourth-order valence-electron chi connectivity index (χ4n) is 8.53. The molecule has 6 bridgehead atoms. The standard InChI is InChI=1S/C40H51FN8O4S/c1-23(52-5)35-28(16-24(20-43-35)47-14-12-46(4)13-15-47)37-29-19-40(2,3)22-53-39(51)31-9-7-11-49(45-31)38(50)30(42)18-33-44-32(21-54-33)27-17-26(29)36-25(34(27)41)8-6-10-48(36)37/h16-17,20-21,23,30-31,45H,6-15,18-19,22,42H2,1-5H3/t23-,30-,31-/m0/s1. The van der Waals surface area contributed by atoms with E-state index in [1.807, 2.05) is 24.6 Å². The number of methoxy groups -OCH3 is 1. The maximum Gasteiger partial charge on any atom is 0.324 e. The van der Waals surface area contributed by atoms with Crippen LogP contribution in [0.5, 0.6) is 0 Å². The van der Waals surface area contributed by atoms with Crippen LogP contribution in [0, 0.1) is 11.2 Å². The van der Waals surface area contributed by atoms with Gasteiger partial charge in [0.05, 0.1) is 58.2 Å². The van der Waals surface area contributed by atoms with E-state index < -0.39 is 23.5 Å². The summed E-state index contributed by atoms with van der Waals surface area (Å²) >= 11 is 1.38. The number of hydrogen-bond donors (Lipinski definition) is 2. The number of esters is 1. The number of ether oxygens (including phenoxy) is 2. The molecular formula is C40H51FN8O4S. The van der Waals surface area contributed by atoms with Gasteiger partial charge in [0.2, 0.25) is 0 Å². The molecule has 1 amide bonds. The Morgan fingerprint density at radius 2 is 1.89 bits per heavy atom. The first-order valence-corrected chi connectivity index (χ1v) is 20.1. The van der Waals surface area contributed by atoms with Crippen molar-refractivity contribution in [3.05, 3.63) is 51.4 Å². The number of amides is 1. The summed E-state index contributed by atoms with van der Waals surface area (Å²) in [4.78, 5) is 41.6. The number of pyridine rings is 1. The number of benzene rings is 1. The number of cyclic esters (lactones) is 1. The number of thiazole rings is 1. The summed E-state index contributed by atoms with van der Waals surface area (Å²) < 4.78 is 31.2. The van der Waals surface area contributed by atoms with Gasteiger partial charge in [-0.3, -0.25) is 19.6 Å². The molecule has 1 aromatic carbocycles. The highest BCUT2D eigenvalue weighted by Gasteiger charge is 2.36. The number of hydrazine groups is 1. The molecule has 3 N–H and O–H groups in total. The van der Waals surface area contributed by atoms with Crippen molar-refractivity contribution in [1.82, 2.24) is 29.9 Å². The molecule has 0 aliphatic carbocycles. The van der Waals surface area contributed by atoms with Crippen LogP contribution in [0.25, 0.3) is 33.4 Å². The molecule has 3 atom stereocenters. The quantitative estimate of drug-likeness (QED) is 0.279. The van der Waals surface area contributed by atoms with Crippen LogP contribution in [0.15, 0.2) is 23.7 Å². The van der Waals surface area contributed by atoms with Gasteiger partial charge in [-0.05, 0) is 63.8 Å². The minimum absolute atomic E-state index is 0.154. The molecule has 288 valence electrons. The maximum atomic E-state index is 17.0. The third-order valence-electron chi connectivity index (χ3n) is 11.6. The lowest BCUT2D eigenvalue weighted by Crippen LogP contribution is -2.59. The summed E-state index contributed by atoms with van der Waals surface area (Å²) in [6.07, 6.45) is 4.98. The van der Waals surface area contributed by atoms with Crippen LogP contribution in [-0.2, 0) is 44.9 Å². The van der Waals surface area contributed by atoms with Gasteiger partial charge >= 0.3 is 5.97 Å². The lowest BCUT2D eigenvalue weighted by Gasteiger charge is -2.35. The first-order valence-electron chi connectivity index (χ1n) is 19.2. The van der Waals surface area contributed by atoms with Gasteiger partial charge < -0.3 is 29.6 Å². The number of anilines is 1. The first-order chi connectivity index (χ1) is 25.9. The summed E-state index contributed by atoms with van der Waals surface area (Å²) in [7, 11) is 3.85. The number of piperazine rings is 1. The van der Waals surface area contributed by atoms with Crippen LogP contribution in [0.4, 0.5) is 10.1 Å². The van der Waals surface area contributed by atoms with Gasteiger partial charge in [0, 0.05) is 85.7 Å². The molecule has 14 heteroatoms. The van der Waals surface area contributed by atoms with Crippen LogP contribution in [0.3, 0.4) is 0 Å². The van der Waals surface area contributed by atoms with Crippen LogP contribution in [0.2, 0.25) is 0 Å². The van der Waals surface area contributed by atoms with Crippen LogP contribution in [-0.4, -0.2) is 102 Å². The number of aryl methyl sites for hydroxylation is 2. The number of carbonyl (C=O) groups is 2. The number of nitrogens with one attached hydrogen (secondary N) is 1. The summed E-state index contributed by atoms with van der Waals surface area (Å²) in [6, 6.07) is 2.68. The van der Waals surface area contributed by atoms with E-state index in [0.717, 1.165) is 78.2 Å². The third-order valence-corrected chi connectivity index (χ3v) is 12.5. The highest BCUT2D eigenvalue weighted by molar-refractivity contribution is 7.10. The molecule has 3 aromatic heterocycles. The van der Waals surface area contributed by atoms with Crippen molar-refractivity contribution in [3.8, 4) is 22.5 Å². The Balaban J connectivity index is 1.34. The Morgan fingerprint density at radius 3 is 2.67 bits per heavy atom. The Labute approximate surface area is 319 Å². The number of fused-ring (bicyclic) bond motifs is 6. The molecule has 12 nitrogen and oxygen atoms in total. The normalized spacial score (nSPS) is 23.0. The number of halogens is 1. The lowest BCUT2D eigenvalue weighted by molar-refractivity contribution is -0.154. The van der Waals surface area contributed by atoms with E-state index >= 15 is 4.39 Å². The molecule has 4 aliphatic heterocycles. The number of nitrogens with zero attached hydrogens (tertiary/aromatic N) is 6. The van der Waals surface area contributed by atoms with Crippen molar-refractivity contribution in [2.24, 2.45) is 11.1 Å². The van der Waals surface area contributed by atoms with E-state index in [-0.39, 0.29) is 30.9 Å². The van der Waals surface area contributed by atoms with Gasteiger partial charge in [0.1, 0.15) is 11.9 Å². The van der Waals surface area contributed by atoms with E-state index in [2.05, 4.69) is 46.8 Å². The third kappa shape index (κ3) is 6.80. The smallest absolute Gasteiger partial charge is 0.324 e. The number of hydrogen-bond acceptors (Lipinski definition) is 11. The van der Waals surface area contributed by atoms with E-state index in [1.54, 1.807) is 7.11 Å². The van der Waals surface area contributed by atoms with Crippen molar-refractivity contribution in [2.75, 3.05) is 58.4 Å². The fraction of sp³-hybridized carbons (Fsp3) is 0.550. The maximum absolute atomic E-state index is 17.0. The average molecular weight is 759 g/mol. The topological polar surface area (TPSA) is 131 Å². The van der Waals surface area contributed by atoms with Gasteiger partial charge in [0.15, 0.2) is 0 Å². The molecule has 2 saturated heterocycles. The summed E-state index contributed by atoms with van der Waals surface area (Å²) in [5, 5.41) is 4.93. The number of carbonyl (C=O) groups excluding carboxylic acids is 2. The highest BCUT2D eigenvalue weighted by Crippen LogP contribution is 2.46. The number of nitrogens with two attached hydrogens (primary N) is 1. The van der Waals surface area contributed by atoms with Gasteiger partial charge in [-0.15, -0.1) is 11.3 Å². The van der Waals surface area contributed by atoms with E-state index in [1.165, 1.54) is 16.3 Å². The Kier molecular flexibility index (Phi) is 10.0. The van der Waals surface area contributed by atoms with Crippen molar-refractivity contribution in [2.45, 2.75) is 84.0 Å². The highest BCUT2D eigenvalue weighted by atomic mass is 32.1. The second kappa shape index (κ2) is 14.6. The van der Waals surface area contributed by atoms with E-state index in [9.17, 15) is 9.59 Å². The predicted molar refractivity (Wildman–Crippen MR) is 208 cm³/mol. The second-order valence-corrected chi connectivity index (χ2v) is 17.1. The molecule has 54 heavy (non-hydrogen) atoms. The molecule has 4 aromatic rings. The van der Waals surface area contributed by atoms with Crippen molar-refractivity contribution < 1.29 is 23.5 Å². The summed E-state index contributed by atoms with van der Waals surface area (Å²) in [5.41, 5.74) is 16.5.